The Hall–Kier alpha value is -0.0400. The highest BCUT2D eigenvalue weighted by Gasteiger charge is 2.28. The summed E-state index contributed by atoms with van der Waals surface area (Å²) in [6.45, 7) is 11.7. The molecule has 0 heterocycles. The van der Waals surface area contributed by atoms with Crippen molar-refractivity contribution in [3.8, 4) is 0 Å². The van der Waals surface area contributed by atoms with Gasteiger partial charge >= 0.3 is 0 Å². The average molecular weight is 197 g/mol. The molecule has 0 saturated heterocycles. The first-order valence-electron chi connectivity index (χ1n) is 6.19. The summed E-state index contributed by atoms with van der Waals surface area (Å²) in [6.07, 6.45) is 5.42. The number of hydrogen-bond acceptors (Lipinski definition) is 1. The third kappa shape index (κ3) is 3.27. The molecule has 1 aliphatic rings. The highest BCUT2D eigenvalue weighted by Crippen LogP contribution is 2.28. The van der Waals surface area contributed by atoms with Gasteiger partial charge in [-0.2, -0.15) is 0 Å². The van der Waals surface area contributed by atoms with Gasteiger partial charge in [-0.1, -0.05) is 34.6 Å². The van der Waals surface area contributed by atoms with Gasteiger partial charge in [0.15, 0.2) is 0 Å². The molecule has 1 fully saturated rings. The van der Waals surface area contributed by atoms with Crippen LogP contribution in [-0.2, 0) is 0 Å². The van der Waals surface area contributed by atoms with Crippen LogP contribution in [0, 0.1) is 11.3 Å². The lowest BCUT2D eigenvalue weighted by Gasteiger charge is -2.33. The van der Waals surface area contributed by atoms with Crippen molar-refractivity contribution in [1.29, 1.82) is 0 Å². The first kappa shape index (κ1) is 12.0. The minimum atomic E-state index is 0.403. The second-order valence-electron chi connectivity index (χ2n) is 6.11. The molecule has 1 nitrogen and oxygen atoms in total. The Balaban J connectivity index is 2.41. The van der Waals surface area contributed by atoms with Gasteiger partial charge in [0.25, 0.3) is 0 Å². The van der Waals surface area contributed by atoms with Gasteiger partial charge in [-0.15, -0.1) is 0 Å². The quantitative estimate of drug-likeness (QED) is 0.729. The van der Waals surface area contributed by atoms with E-state index in [1.807, 2.05) is 0 Å². The average Bonchev–Trinajstić information content (AvgIpc) is 2.45. The molecule has 0 radical (unpaired) electrons. The van der Waals surface area contributed by atoms with E-state index in [0.29, 0.717) is 11.5 Å². The second kappa shape index (κ2) is 4.65. The topological polar surface area (TPSA) is 12.0 Å². The Morgan fingerprint density at radius 3 is 2.29 bits per heavy atom. The first-order chi connectivity index (χ1) is 6.43. The van der Waals surface area contributed by atoms with Gasteiger partial charge in [-0.3, -0.25) is 0 Å². The van der Waals surface area contributed by atoms with Gasteiger partial charge in [-0.25, -0.2) is 0 Å². The highest BCUT2D eigenvalue weighted by atomic mass is 15.0. The Morgan fingerprint density at radius 2 is 1.93 bits per heavy atom. The van der Waals surface area contributed by atoms with Crippen molar-refractivity contribution in [2.24, 2.45) is 11.3 Å². The minimum absolute atomic E-state index is 0.403. The van der Waals surface area contributed by atoms with E-state index in [0.717, 1.165) is 12.0 Å². The zero-order valence-corrected chi connectivity index (χ0v) is 10.6. The molecule has 1 saturated carbocycles. The molecular formula is C13H27N. The molecule has 0 bridgehead atoms. The van der Waals surface area contributed by atoms with Crippen LogP contribution in [0.1, 0.15) is 60.3 Å². The maximum atomic E-state index is 3.84. The van der Waals surface area contributed by atoms with Gasteiger partial charge in [0, 0.05) is 12.1 Å². The van der Waals surface area contributed by atoms with Gasteiger partial charge in [-0.05, 0) is 37.0 Å². The van der Waals surface area contributed by atoms with Crippen molar-refractivity contribution >= 4 is 0 Å². The largest absolute Gasteiger partial charge is 0.311 e. The molecule has 84 valence electrons. The van der Waals surface area contributed by atoms with Gasteiger partial charge < -0.3 is 5.32 Å². The minimum Gasteiger partial charge on any atom is -0.311 e. The van der Waals surface area contributed by atoms with Crippen LogP contribution >= 0.6 is 0 Å². The van der Waals surface area contributed by atoms with E-state index >= 15 is 0 Å². The summed E-state index contributed by atoms with van der Waals surface area (Å²) >= 11 is 0. The highest BCUT2D eigenvalue weighted by molar-refractivity contribution is 4.86. The summed E-state index contributed by atoms with van der Waals surface area (Å²) in [4.78, 5) is 0. The Kier molecular flexibility index (Phi) is 4.00. The van der Waals surface area contributed by atoms with Crippen LogP contribution in [0.4, 0.5) is 0 Å². The van der Waals surface area contributed by atoms with Crippen molar-refractivity contribution in [2.75, 3.05) is 0 Å². The van der Waals surface area contributed by atoms with Crippen molar-refractivity contribution in [3.63, 3.8) is 0 Å². The molecule has 0 aliphatic heterocycles. The van der Waals surface area contributed by atoms with Crippen LogP contribution in [0.3, 0.4) is 0 Å². The van der Waals surface area contributed by atoms with Crippen LogP contribution in [0.5, 0.6) is 0 Å². The summed E-state index contributed by atoms with van der Waals surface area (Å²) in [5.74, 6) is 0.935. The van der Waals surface area contributed by atoms with E-state index in [4.69, 9.17) is 0 Å². The maximum absolute atomic E-state index is 3.84. The fourth-order valence-corrected chi connectivity index (χ4v) is 2.62. The lowest BCUT2D eigenvalue weighted by atomic mass is 9.84. The Labute approximate surface area is 89.7 Å². The zero-order valence-electron chi connectivity index (χ0n) is 10.6. The predicted molar refractivity (Wildman–Crippen MR) is 63.5 cm³/mol. The molecule has 0 amide bonds. The lowest BCUT2D eigenvalue weighted by molar-refractivity contribution is 0.238. The predicted octanol–water partition coefficient (Wildman–Crippen LogP) is 3.59. The van der Waals surface area contributed by atoms with Gasteiger partial charge in [0.1, 0.15) is 0 Å². The molecule has 1 heteroatoms. The molecule has 1 aliphatic carbocycles. The molecule has 0 aromatic carbocycles. The van der Waals surface area contributed by atoms with Gasteiger partial charge in [0.2, 0.25) is 0 Å². The van der Waals surface area contributed by atoms with Crippen LogP contribution in [0.25, 0.3) is 0 Å². The molecule has 0 spiro atoms. The van der Waals surface area contributed by atoms with Crippen molar-refractivity contribution in [1.82, 2.24) is 5.32 Å². The second-order valence-corrected chi connectivity index (χ2v) is 6.11. The normalized spacial score (nSPS) is 30.6. The molecule has 0 aromatic heterocycles. The number of hydrogen-bond donors (Lipinski definition) is 1. The fraction of sp³-hybridized carbons (Fsp3) is 1.00. The van der Waals surface area contributed by atoms with Crippen LogP contribution in [0.2, 0.25) is 0 Å². The fourth-order valence-electron chi connectivity index (χ4n) is 2.62. The molecule has 3 unspecified atom stereocenters. The molecule has 1 rings (SSSR count). The Bertz CT molecular complexity index is 169. The third-order valence-electron chi connectivity index (χ3n) is 3.59. The SMILES string of the molecule is CCC(NC1CCC(C)C1)C(C)(C)C. The van der Waals surface area contributed by atoms with E-state index < -0.39 is 0 Å². The van der Waals surface area contributed by atoms with E-state index in [1.165, 1.54) is 25.7 Å². The summed E-state index contributed by atoms with van der Waals surface area (Å²) in [5.41, 5.74) is 0.403. The summed E-state index contributed by atoms with van der Waals surface area (Å²) in [5, 5.41) is 3.84. The van der Waals surface area contributed by atoms with E-state index in [9.17, 15) is 0 Å². The van der Waals surface area contributed by atoms with Crippen LogP contribution in [-0.4, -0.2) is 12.1 Å². The molecular weight excluding hydrogens is 170 g/mol. The molecule has 14 heavy (non-hydrogen) atoms. The van der Waals surface area contributed by atoms with Crippen LogP contribution < -0.4 is 5.32 Å². The maximum Gasteiger partial charge on any atom is 0.0116 e. The lowest BCUT2D eigenvalue weighted by Crippen LogP contribution is -2.44. The van der Waals surface area contributed by atoms with E-state index in [2.05, 4.69) is 39.9 Å². The zero-order chi connectivity index (χ0) is 10.8. The summed E-state index contributed by atoms with van der Waals surface area (Å²) in [7, 11) is 0. The smallest absolute Gasteiger partial charge is 0.0116 e. The third-order valence-corrected chi connectivity index (χ3v) is 3.59. The first-order valence-corrected chi connectivity index (χ1v) is 6.19. The van der Waals surface area contributed by atoms with E-state index in [-0.39, 0.29) is 0 Å². The van der Waals surface area contributed by atoms with Crippen molar-refractivity contribution in [3.05, 3.63) is 0 Å². The number of nitrogens with one attached hydrogen (secondary N) is 1. The summed E-state index contributed by atoms with van der Waals surface area (Å²) in [6, 6.07) is 1.46. The van der Waals surface area contributed by atoms with Gasteiger partial charge in [0.05, 0.1) is 0 Å². The monoisotopic (exact) mass is 197 g/mol. The van der Waals surface area contributed by atoms with Crippen LogP contribution in [0.15, 0.2) is 0 Å². The van der Waals surface area contributed by atoms with E-state index in [1.54, 1.807) is 0 Å². The molecule has 3 atom stereocenters. The molecule has 0 aromatic rings. The summed E-state index contributed by atoms with van der Waals surface area (Å²) < 4.78 is 0. The molecule has 1 N–H and O–H groups in total. The standard InChI is InChI=1S/C13H27N/c1-6-12(13(3,4)5)14-11-8-7-10(2)9-11/h10-12,14H,6-9H2,1-5H3. The van der Waals surface area contributed by atoms with Crippen molar-refractivity contribution < 1.29 is 0 Å². The number of rotatable bonds is 3. The Morgan fingerprint density at radius 1 is 1.29 bits per heavy atom. The van der Waals surface area contributed by atoms with Crippen molar-refractivity contribution in [2.45, 2.75) is 72.4 Å².